The average molecular weight is 405 g/mol. The maximum atomic E-state index is 12.4. The van der Waals surface area contributed by atoms with Crippen LogP contribution in [-0.2, 0) is 11.3 Å². The maximum absolute atomic E-state index is 12.4. The van der Waals surface area contributed by atoms with Gasteiger partial charge in [0, 0.05) is 16.7 Å². The van der Waals surface area contributed by atoms with Crippen molar-refractivity contribution < 1.29 is 19.5 Å². The number of benzene rings is 2. The standard InChI is InChI=1S/C20H23ClN4O3/c1-15-4-2-3-5-16(15)13-23-8-10-24(11-9-23)14-20(26)22-18-7-6-17(21)12-19(18)25(27)28/h2-7,12H,8-11,13-14H2,1H3,(H,22,26)/p+2. The first-order chi connectivity index (χ1) is 13.4. The predicted octanol–water partition coefficient (Wildman–Crippen LogP) is 0.479. The molecule has 2 aromatic carbocycles. The Morgan fingerprint density at radius 2 is 1.82 bits per heavy atom. The van der Waals surface area contributed by atoms with E-state index in [1.165, 1.54) is 39.1 Å². The molecule has 0 bridgehead atoms. The molecular weight excluding hydrogens is 380 g/mol. The van der Waals surface area contributed by atoms with Crippen molar-refractivity contribution in [2.75, 3.05) is 38.0 Å². The predicted molar refractivity (Wildman–Crippen MR) is 108 cm³/mol. The minimum absolute atomic E-state index is 0.183. The number of nitrogens with one attached hydrogen (secondary N) is 3. The maximum Gasteiger partial charge on any atom is 0.294 e. The fourth-order valence-corrected chi connectivity index (χ4v) is 3.74. The van der Waals surface area contributed by atoms with Crippen LogP contribution in [0.5, 0.6) is 0 Å². The summed E-state index contributed by atoms with van der Waals surface area (Å²) in [6, 6.07) is 12.7. The summed E-state index contributed by atoms with van der Waals surface area (Å²) in [5.74, 6) is -0.220. The molecule has 7 nitrogen and oxygen atoms in total. The molecule has 1 heterocycles. The Bertz CT molecular complexity index is 866. The topological polar surface area (TPSA) is 81.1 Å². The van der Waals surface area contributed by atoms with Crippen molar-refractivity contribution in [2.45, 2.75) is 13.5 Å². The van der Waals surface area contributed by atoms with Gasteiger partial charge in [0.2, 0.25) is 0 Å². The van der Waals surface area contributed by atoms with Gasteiger partial charge in [-0.25, -0.2) is 0 Å². The molecule has 0 aliphatic carbocycles. The molecule has 28 heavy (non-hydrogen) atoms. The van der Waals surface area contributed by atoms with Gasteiger partial charge in [0.05, 0.1) is 4.92 Å². The van der Waals surface area contributed by atoms with Crippen LogP contribution in [0.1, 0.15) is 11.1 Å². The molecule has 0 aromatic heterocycles. The number of aryl methyl sites for hydroxylation is 1. The Morgan fingerprint density at radius 1 is 1.14 bits per heavy atom. The summed E-state index contributed by atoms with van der Waals surface area (Å²) in [4.78, 5) is 25.7. The third-order valence-corrected chi connectivity index (χ3v) is 5.44. The zero-order valence-corrected chi connectivity index (χ0v) is 16.6. The minimum atomic E-state index is -0.540. The van der Waals surface area contributed by atoms with Gasteiger partial charge in [-0.15, -0.1) is 0 Å². The van der Waals surface area contributed by atoms with Crippen molar-refractivity contribution in [3.63, 3.8) is 0 Å². The van der Waals surface area contributed by atoms with Gasteiger partial charge in [0.15, 0.2) is 6.54 Å². The highest BCUT2D eigenvalue weighted by atomic mass is 35.5. The third-order valence-electron chi connectivity index (χ3n) is 5.21. The number of piperazine rings is 1. The smallest absolute Gasteiger partial charge is 0.294 e. The number of carbonyl (C=O) groups excluding carboxylic acids is 1. The molecule has 3 rings (SSSR count). The number of halogens is 1. The summed E-state index contributed by atoms with van der Waals surface area (Å²) in [7, 11) is 0. The highest BCUT2D eigenvalue weighted by molar-refractivity contribution is 6.31. The number of rotatable bonds is 6. The van der Waals surface area contributed by atoms with E-state index in [0.717, 1.165) is 32.7 Å². The van der Waals surface area contributed by atoms with Crippen LogP contribution in [0.15, 0.2) is 42.5 Å². The zero-order chi connectivity index (χ0) is 20.1. The molecule has 1 saturated heterocycles. The average Bonchev–Trinajstić information content (AvgIpc) is 2.66. The molecule has 8 heteroatoms. The van der Waals surface area contributed by atoms with Crippen LogP contribution in [0, 0.1) is 17.0 Å². The summed E-state index contributed by atoms with van der Waals surface area (Å²) in [6.45, 7) is 7.24. The Labute approximate surface area is 169 Å². The number of hydrogen-bond acceptors (Lipinski definition) is 3. The number of nitrogens with zero attached hydrogens (tertiary/aromatic N) is 1. The third kappa shape index (κ3) is 5.28. The number of carbonyl (C=O) groups is 1. The summed E-state index contributed by atoms with van der Waals surface area (Å²) >= 11 is 5.81. The van der Waals surface area contributed by atoms with Gasteiger partial charge < -0.3 is 15.1 Å². The highest BCUT2D eigenvalue weighted by Gasteiger charge is 2.26. The van der Waals surface area contributed by atoms with E-state index < -0.39 is 4.92 Å². The lowest BCUT2D eigenvalue weighted by Crippen LogP contribution is -3.28. The molecule has 0 spiro atoms. The molecule has 0 unspecified atom stereocenters. The molecular formula is C20H25ClN4O3+2. The van der Waals surface area contributed by atoms with Gasteiger partial charge >= 0.3 is 0 Å². The van der Waals surface area contributed by atoms with Crippen molar-refractivity contribution in [2.24, 2.45) is 0 Å². The number of hydrogen-bond donors (Lipinski definition) is 3. The van der Waals surface area contributed by atoms with Crippen LogP contribution in [0.2, 0.25) is 5.02 Å². The van der Waals surface area contributed by atoms with E-state index in [1.54, 1.807) is 0 Å². The normalized spacial score (nSPS) is 19.2. The summed E-state index contributed by atoms with van der Waals surface area (Å²) < 4.78 is 0. The first-order valence-corrected chi connectivity index (χ1v) is 9.75. The molecule has 3 N–H and O–H groups in total. The van der Waals surface area contributed by atoms with E-state index in [0.29, 0.717) is 6.54 Å². The number of amides is 1. The summed E-state index contributed by atoms with van der Waals surface area (Å²) in [5, 5.41) is 14.1. The molecule has 0 saturated carbocycles. The van der Waals surface area contributed by atoms with Crippen molar-refractivity contribution >= 4 is 28.9 Å². The summed E-state index contributed by atoms with van der Waals surface area (Å²) in [6.07, 6.45) is 0. The largest absolute Gasteiger partial charge is 0.322 e. The van der Waals surface area contributed by atoms with Crippen molar-refractivity contribution in [3.8, 4) is 0 Å². The van der Waals surface area contributed by atoms with Crippen LogP contribution < -0.4 is 15.1 Å². The van der Waals surface area contributed by atoms with E-state index in [9.17, 15) is 14.9 Å². The molecule has 1 aliphatic heterocycles. The Hall–Kier alpha value is -2.48. The van der Waals surface area contributed by atoms with Gasteiger partial charge in [0.1, 0.15) is 38.4 Å². The second-order valence-electron chi connectivity index (χ2n) is 7.25. The fourth-order valence-electron chi connectivity index (χ4n) is 3.57. The molecule has 1 amide bonds. The SMILES string of the molecule is Cc1ccccc1C[NH+]1CC[NH+](CC(=O)Nc2ccc(Cl)cc2[N+](=O)[O-])CC1. The first-order valence-electron chi connectivity index (χ1n) is 9.38. The molecule has 0 radical (unpaired) electrons. The Balaban J connectivity index is 1.50. The Kier molecular flexibility index (Phi) is 6.61. The monoisotopic (exact) mass is 404 g/mol. The van der Waals surface area contributed by atoms with Crippen molar-refractivity contribution in [1.82, 2.24) is 0 Å². The molecule has 1 fully saturated rings. The highest BCUT2D eigenvalue weighted by Crippen LogP contribution is 2.27. The van der Waals surface area contributed by atoms with E-state index in [1.807, 2.05) is 0 Å². The van der Waals surface area contributed by atoms with Crippen LogP contribution in [0.25, 0.3) is 0 Å². The lowest BCUT2D eigenvalue weighted by atomic mass is 10.1. The van der Waals surface area contributed by atoms with E-state index in [4.69, 9.17) is 11.6 Å². The van der Waals surface area contributed by atoms with Crippen LogP contribution in [0.4, 0.5) is 11.4 Å². The second-order valence-corrected chi connectivity index (χ2v) is 7.68. The van der Waals surface area contributed by atoms with Crippen LogP contribution >= 0.6 is 11.6 Å². The molecule has 2 aromatic rings. The van der Waals surface area contributed by atoms with Crippen LogP contribution in [-0.4, -0.2) is 43.6 Å². The number of nitro benzene ring substituents is 1. The van der Waals surface area contributed by atoms with Gasteiger partial charge in [-0.3, -0.25) is 14.9 Å². The van der Waals surface area contributed by atoms with E-state index >= 15 is 0 Å². The van der Waals surface area contributed by atoms with E-state index in [2.05, 4.69) is 36.5 Å². The molecule has 0 atom stereocenters. The zero-order valence-electron chi connectivity index (χ0n) is 15.8. The quantitative estimate of drug-likeness (QED) is 0.484. The van der Waals surface area contributed by atoms with Gasteiger partial charge in [-0.1, -0.05) is 35.9 Å². The van der Waals surface area contributed by atoms with Gasteiger partial charge in [-0.2, -0.15) is 0 Å². The van der Waals surface area contributed by atoms with E-state index in [-0.39, 0.29) is 22.3 Å². The van der Waals surface area contributed by atoms with Crippen molar-refractivity contribution in [3.05, 3.63) is 68.7 Å². The lowest BCUT2D eigenvalue weighted by molar-refractivity contribution is -1.02. The first kappa shape index (κ1) is 20.3. The van der Waals surface area contributed by atoms with Crippen molar-refractivity contribution in [1.29, 1.82) is 0 Å². The number of anilines is 1. The van der Waals surface area contributed by atoms with Gasteiger partial charge in [-0.05, 0) is 24.6 Å². The number of nitro groups is 1. The Morgan fingerprint density at radius 3 is 2.50 bits per heavy atom. The lowest BCUT2D eigenvalue weighted by Gasteiger charge is -2.29. The molecule has 148 valence electrons. The van der Waals surface area contributed by atoms with Crippen LogP contribution in [0.3, 0.4) is 0 Å². The molecule has 1 aliphatic rings. The van der Waals surface area contributed by atoms with Gasteiger partial charge in [0.25, 0.3) is 11.6 Å². The number of quaternary nitrogens is 2. The summed E-state index contributed by atoms with van der Waals surface area (Å²) in [5.41, 5.74) is 2.67. The second kappa shape index (κ2) is 9.14. The fraction of sp³-hybridized carbons (Fsp3) is 0.350. The minimum Gasteiger partial charge on any atom is -0.322 e.